The highest BCUT2D eigenvalue weighted by atomic mass is 19.1. The van der Waals surface area contributed by atoms with Crippen molar-refractivity contribution in [3.8, 4) is 0 Å². The van der Waals surface area contributed by atoms with E-state index < -0.39 is 0 Å². The van der Waals surface area contributed by atoms with E-state index in [2.05, 4.69) is 9.97 Å². The molecule has 76 valence electrons. The Bertz CT molecular complexity index is 336. The van der Waals surface area contributed by atoms with Gasteiger partial charge in [0.05, 0.1) is 11.9 Å². The van der Waals surface area contributed by atoms with Gasteiger partial charge in [-0.1, -0.05) is 0 Å². The van der Waals surface area contributed by atoms with Crippen LogP contribution in [0.15, 0.2) is 6.20 Å². The summed E-state index contributed by atoms with van der Waals surface area (Å²) in [4.78, 5) is 10.0. The van der Waals surface area contributed by atoms with Gasteiger partial charge in [0.1, 0.15) is 0 Å². The van der Waals surface area contributed by atoms with Gasteiger partial charge >= 0.3 is 0 Å². The summed E-state index contributed by atoms with van der Waals surface area (Å²) < 4.78 is 12.9. The van der Waals surface area contributed by atoms with Crippen LogP contribution in [0, 0.1) is 18.7 Å². The third-order valence-corrected chi connectivity index (χ3v) is 2.48. The molecular weight excluding hydrogens is 181 g/mol. The Hall–Kier alpha value is -1.19. The predicted molar refractivity (Wildman–Crippen MR) is 52.7 cm³/mol. The molecule has 0 spiro atoms. The zero-order valence-electron chi connectivity index (χ0n) is 8.50. The highest BCUT2D eigenvalue weighted by Crippen LogP contribution is 2.30. The van der Waals surface area contributed by atoms with Gasteiger partial charge in [0.2, 0.25) is 5.95 Å². The lowest BCUT2D eigenvalue weighted by Gasteiger charge is -2.16. The van der Waals surface area contributed by atoms with Crippen LogP contribution in [0.2, 0.25) is 0 Å². The summed E-state index contributed by atoms with van der Waals surface area (Å²) in [5.74, 6) is 1.07. The summed E-state index contributed by atoms with van der Waals surface area (Å²) in [5.41, 5.74) is 0.414. The van der Waals surface area contributed by atoms with Crippen molar-refractivity contribution in [2.45, 2.75) is 19.8 Å². The van der Waals surface area contributed by atoms with E-state index in [1.165, 1.54) is 19.0 Å². The predicted octanol–water partition coefficient (Wildman–Crippen LogP) is 1.77. The van der Waals surface area contributed by atoms with Crippen LogP contribution in [-0.2, 0) is 0 Å². The highest BCUT2D eigenvalue weighted by molar-refractivity contribution is 5.29. The molecular formula is C10H14FN3. The summed E-state index contributed by atoms with van der Waals surface area (Å²) >= 11 is 0. The van der Waals surface area contributed by atoms with Crippen molar-refractivity contribution >= 4 is 5.95 Å². The monoisotopic (exact) mass is 195 g/mol. The molecule has 1 aliphatic rings. The molecule has 1 heterocycles. The summed E-state index contributed by atoms with van der Waals surface area (Å²) in [6, 6.07) is 0. The smallest absolute Gasteiger partial charge is 0.225 e. The second-order valence-corrected chi connectivity index (χ2v) is 3.93. The number of aromatic nitrogens is 2. The van der Waals surface area contributed by atoms with Crippen molar-refractivity contribution in [3.05, 3.63) is 17.7 Å². The van der Waals surface area contributed by atoms with Gasteiger partial charge in [0.25, 0.3) is 0 Å². The lowest BCUT2D eigenvalue weighted by molar-refractivity contribution is 0.599. The normalized spacial score (nSPS) is 15.6. The van der Waals surface area contributed by atoms with Crippen LogP contribution >= 0.6 is 0 Å². The minimum Gasteiger partial charge on any atom is -0.344 e. The van der Waals surface area contributed by atoms with Crippen molar-refractivity contribution in [2.24, 2.45) is 5.92 Å². The Morgan fingerprint density at radius 1 is 1.57 bits per heavy atom. The van der Waals surface area contributed by atoms with Crippen LogP contribution in [0.25, 0.3) is 0 Å². The fraction of sp³-hybridized carbons (Fsp3) is 0.600. The van der Waals surface area contributed by atoms with E-state index in [0.717, 1.165) is 12.5 Å². The molecule has 4 heteroatoms. The maximum absolute atomic E-state index is 12.9. The molecule has 3 nitrogen and oxygen atoms in total. The van der Waals surface area contributed by atoms with Gasteiger partial charge in [-0.2, -0.15) is 0 Å². The number of anilines is 1. The second kappa shape index (κ2) is 3.52. The van der Waals surface area contributed by atoms with Gasteiger partial charge in [-0.25, -0.2) is 14.4 Å². The molecule has 1 aliphatic carbocycles. The molecule has 1 aromatic rings. The summed E-state index contributed by atoms with van der Waals surface area (Å²) in [6.45, 7) is 2.64. The van der Waals surface area contributed by atoms with E-state index in [9.17, 15) is 4.39 Å². The number of hydrogen-bond donors (Lipinski definition) is 0. The van der Waals surface area contributed by atoms with Gasteiger partial charge in [-0.05, 0) is 25.7 Å². The first-order valence-corrected chi connectivity index (χ1v) is 4.87. The van der Waals surface area contributed by atoms with Crippen LogP contribution in [0.3, 0.4) is 0 Å². The molecule has 0 aromatic carbocycles. The van der Waals surface area contributed by atoms with Crippen LogP contribution in [0.1, 0.15) is 18.5 Å². The van der Waals surface area contributed by atoms with E-state index >= 15 is 0 Å². The van der Waals surface area contributed by atoms with Crippen molar-refractivity contribution in [1.29, 1.82) is 0 Å². The van der Waals surface area contributed by atoms with Gasteiger partial charge < -0.3 is 4.90 Å². The summed E-state index contributed by atoms with van der Waals surface area (Å²) in [5, 5.41) is 0. The molecule has 0 atom stereocenters. The van der Waals surface area contributed by atoms with Crippen molar-refractivity contribution in [2.75, 3.05) is 18.5 Å². The number of hydrogen-bond acceptors (Lipinski definition) is 3. The van der Waals surface area contributed by atoms with E-state index in [0.29, 0.717) is 11.6 Å². The topological polar surface area (TPSA) is 29.0 Å². The van der Waals surface area contributed by atoms with Crippen molar-refractivity contribution in [3.63, 3.8) is 0 Å². The zero-order chi connectivity index (χ0) is 10.1. The van der Waals surface area contributed by atoms with Crippen LogP contribution in [-0.4, -0.2) is 23.6 Å². The van der Waals surface area contributed by atoms with Crippen LogP contribution in [0.4, 0.5) is 10.3 Å². The average molecular weight is 195 g/mol. The fourth-order valence-electron chi connectivity index (χ4n) is 1.39. The molecule has 0 aliphatic heterocycles. The molecule has 14 heavy (non-hydrogen) atoms. The van der Waals surface area contributed by atoms with E-state index in [-0.39, 0.29) is 5.82 Å². The van der Waals surface area contributed by atoms with Crippen molar-refractivity contribution in [1.82, 2.24) is 9.97 Å². The van der Waals surface area contributed by atoms with Gasteiger partial charge in [-0.15, -0.1) is 0 Å². The highest BCUT2D eigenvalue weighted by Gasteiger charge is 2.23. The number of nitrogens with zero attached hydrogens (tertiary/aromatic N) is 3. The third kappa shape index (κ3) is 2.00. The zero-order valence-corrected chi connectivity index (χ0v) is 8.50. The lowest BCUT2D eigenvalue weighted by Crippen LogP contribution is -2.22. The summed E-state index contributed by atoms with van der Waals surface area (Å²) in [7, 11) is 1.95. The molecule has 0 amide bonds. The standard InChI is InChI=1S/C10H14FN3/c1-7-9(11)5-12-10(13-7)14(2)6-8-3-4-8/h5,8H,3-4,6H2,1-2H3. The summed E-state index contributed by atoms with van der Waals surface area (Å²) in [6.07, 6.45) is 3.83. The first-order chi connectivity index (χ1) is 6.66. The van der Waals surface area contributed by atoms with E-state index in [1.54, 1.807) is 6.92 Å². The average Bonchev–Trinajstić information content (AvgIpc) is 2.93. The first-order valence-electron chi connectivity index (χ1n) is 4.87. The maximum Gasteiger partial charge on any atom is 0.225 e. The van der Waals surface area contributed by atoms with E-state index in [4.69, 9.17) is 0 Å². The van der Waals surface area contributed by atoms with Gasteiger partial charge in [-0.3, -0.25) is 0 Å². The quantitative estimate of drug-likeness (QED) is 0.736. The largest absolute Gasteiger partial charge is 0.344 e. The lowest BCUT2D eigenvalue weighted by atomic mass is 10.4. The number of halogens is 1. The molecule has 1 fully saturated rings. The van der Waals surface area contributed by atoms with Gasteiger partial charge in [0, 0.05) is 13.6 Å². The third-order valence-electron chi connectivity index (χ3n) is 2.48. The molecule has 1 saturated carbocycles. The molecule has 0 radical (unpaired) electrons. The minimum atomic E-state index is -0.339. The molecule has 1 aromatic heterocycles. The molecule has 2 rings (SSSR count). The Balaban J connectivity index is 2.10. The minimum absolute atomic E-state index is 0.339. The second-order valence-electron chi connectivity index (χ2n) is 3.93. The molecule has 0 N–H and O–H groups in total. The van der Waals surface area contributed by atoms with Crippen molar-refractivity contribution < 1.29 is 4.39 Å². The fourth-order valence-corrected chi connectivity index (χ4v) is 1.39. The van der Waals surface area contributed by atoms with E-state index in [1.807, 2.05) is 11.9 Å². The Morgan fingerprint density at radius 3 is 2.86 bits per heavy atom. The van der Waals surface area contributed by atoms with Gasteiger partial charge in [0.15, 0.2) is 5.82 Å². The maximum atomic E-state index is 12.9. The molecule has 0 bridgehead atoms. The number of rotatable bonds is 3. The van der Waals surface area contributed by atoms with Crippen LogP contribution in [0.5, 0.6) is 0 Å². The Kier molecular flexibility index (Phi) is 2.35. The molecule has 0 saturated heterocycles. The number of aryl methyl sites for hydroxylation is 1. The Morgan fingerprint density at radius 2 is 2.29 bits per heavy atom. The Labute approximate surface area is 83.0 Å². The van der Waals surface area contributed by atoms with Crippen LogP contribution < -0.4 is 4.90 Å². The molecule has 0 unspecified atom stereocenters. The first kappa shape index (κ1) is 9.37. The SMILES string of the molecule is Cc1nc(N(C)CC2CC2)ncc1F.